The van der Waals surface area contributed by atoms with Crippen molar-refractivity contribution in [2.75, 3.05) is 40.0 Å². The van der Waals surface area contributed by atoms with Crippen molar-refractivity contribution in [2.45, 2.75) is 12.3 Å². The minimum absolute atomic E-state index is 0. The predicted molar refractivity (Wildman–Crippen MR) is 111 cm³/mol. The lowest BCUT2D eigenvalue weighted by molar-refractivity contribution is 1.38. The second-order valence-corrected chi connectivity index (χ2v) is 17.7. The highest BCUT2D eigenvalue weighted by Crippen LogP contribution is 2.50. The second-order valence-electron chi connectivity index (χ2n) is 7.87. The van der Waals surface area contributed by atoms with E-state index in [1.165, 1.54) is 23.5 Å². The summed E-state index contributed by atoms with van der Waals surface area (Å²) >= 11 is 0. The van der Waals surface area contributed by atoms with E-state index in [9.17, 15) is 0 Å². The van der Waals surface area contributed by atoms with E-state index in [1.807, 2.05) is 0 Å². The van der Waals surface area contributed by atoms with Crippen molar-refractivity contribution >= 4 is 14.5 Å². The Hall–Kier alpha value is -0.700. The van der Waals surface area contributed by atoms with E-state index < -0.39 is 14.5 Å². The average molecular weight is 335 g/mol. The van der Waals surface area contributed by atoms with Gasteiger partial charge in [0.2, 0.25) is 0 Å². The molecule has 0 amide bonds. The van der Waals surface area contributed by atoms with Gasteiger partial charge in [-0.15, -0.1) is 0 Å². The van der Waals surface area contributed by atoms with Gasteiger partial charge < -0.3 is 0 Å². The van der Waals surface area contributed by atoms with Crippen LogP contribution in [-0.2, 0) is 12.3 Å². The van der Waals surface area contributed by atoms with E-state index in [1.54, 1.807) is 0 Å². The number of hydrogen-bond donors (Lipinski definition) is 0. The Labute approximate surface area is 140 Å². The van der Waals surface area contributed by atoms with Crippen molar-refractivity contribution < 1.29 is 1.43 Å². The van der Waals surface area contributed by atoms with Gasteiger partial charge in [-0.25, -0.2) is 0 Å². The molecule has 0 aliphatic rings. The van der Waals surface area contributed by atoms with E-state index in [2.05, 4.69) is 101 Å². The van der Waals surface area contributed by atoms with Gasteiger partial charge in [0.25, 0.3) is 0 Å². The first-order valence-corrected chi connectivity index (χ1v) is 14.5. The molecule has 120 valence electrons. The van der Waals surface area contributed by atoms with Crippen molar-refractivity contribution in [1.29, 1.82) is 0 Å². The average Bonchev–Trinajstić information content (AvgIpc) is 2.38. The van der Waals surface area contributed by atoms with Crippen molar-refractivity contribution in [2.24, 2.45) is 0 Å². The van der Waals surface area contributed by atoms with Crippen molar-refractivity contribution in [3.63, 3.8) is 0 Å². The van der Waals surface area contributed by atoms with Crippen LogP contribution in [0.15, 0.2) is 60.7 Å². The fourth-order valence-electron chi connectivity index (χ4n) is 2.26. The van der Waals surface area contributed by atoms with Crippen LogP contribution in [0.1, 0.15) is 12.6 Å². The molecule has 2 aromatic rings. The Kier molecular flexibility index (Phi) is 7.75. The summed E-state index contributed by atoms with van der Waals surface area (Å²) in [6, 6.07) is 21.5. The molecule has 0 aliphatic heterocycles. The molecule has 0 nitrogen and oxygen atoms in total. The molecule has 2 rings (SSSR count). The van der Waals surface area contributed by atoms with Gasteiger partial charge in [0.1, 0.15) is 0 Å². The number of hydrogen-bond acceptors (Lipinski definition) is 0. The van der Waals surface area contributed by atoms with Crippen molar-refractivity contribution in [1.82, 2.24) is 0 Å². The molecule has 0 fully saturated rings. The summed E-state index contributed by atoms with van der Waals surface area (Å²) in [5.74, 6) is 0. The molecule has 0 saturated carbocycles. The lowest BCUT2D eigenvalue weighted by Crippen LogP contribution is -1.90. The summed E-state index contributed by atoms with van der Waals surface area (Å²) in [6.07, 6.45) is 2.54. The molecule has 0 spiro atoms. The SMILES string of the molecule is C[P+](C)(C)Cc1ccccc1.C[P+](C)(C)Cc1ccccc1.[H+]. The third-order valence-electron chi connectivity index (χ3n) is 3.00. The summed E-state index contributed by atoms with van der Waals surface area (Å²) in [4.78, 5) is 0. The Morgan fingerprint density at radius 1 is 0.545 bits per heavy atom. The first kappa shape index (κ1) is 19.3. The summed E-state index contributed by atoms with van der Waals surface area (Å²) in [5, 5.41) is 0. The zero-order chi connectivity index (χ0) is 16.6. The molecule has 0 radical (unpaired) electrons. The second kappa shape index (κ2) is 8.81. The van der Waals surface area contributed by atoms with Crippen LogP contribution < -0.4 is 0 Å². The number of benzene rings is 2. The Morgan fingerprint density at radius 3 is 1.05 bits per heavy atom. The zero-order valence-corrected chi connectivity index (χ0v) is 16.9. The van der Waals surface area contributed by atoms with Crippen LogP contribution in [0.25, 0.3) is 0 Å². The molecular formula is C20H33P2+3. The predicted octanol–water partition coefficient (Wildman–Crippen LogP) is 6.30. The summed E-state index contributed by atoms with van der Waals surface area (Å²) in [5.41, 5.74) is 2.96. The van der Waals surface area contributed by atoms with Crippen molar-refractivity contribution in [3.05, 3.63) is 71.8 Å². The first-order chi connectivity index (χ1) is 10.2. The highest BCUT2D eigenvalue weighted by Gasteiger charge is 2.17. The van der Waals surface area contributed by atoms with Gasteiger partial charge in [-0.05, 0) is 11.1 Å². The van der Waals surface area contributed by atoms with Gasteiger partial charge in [-0.1, -0.05) is 60.7 Å². The molecule has 0 aliphatic carbocycles. The molecule has 0 aromatic heterocycles. The molecule has 2 aromatic carbocycles. The fraction of sp³-hybridized carbons (Fsp3) is 0.400. The lowest BCUT2D eigenvalue weighted by Gasteiger charge is -2.10. The number of rotatable bonds is 4. The molecule has 0 bridgehead atoms. The summed E-state index contributed by atoms with van der Waals surface area (Å²) in [6.45, 7) is 14.2. The maximum absolute atomic E-state index is 2.38. The standard InChI is InChI=1S/2C10H16P/c2*1-11(2,3)9-10-7-5-4-6-8-10/h2*4-8H,9H2,1-3H3/q2*+1/p+1. The monoisotopic (exact) mass is 335 g/mol. The van der Waals surface area contributed by atoms with E-state index in [4.69, 9.17) is 0 Å². The molecule has 0 N–H and O–H groups in total. The molecular weight excluding hydrogens is 302 g/mol. The first-order valence-electron chi connectivity index (χ1n) is 7.84. The van der Waals surface area contributed by atoms with Crippen LogP contribution in [0.4, 0.5) is 0 Å². The van der Waals surface area contributed by atoms with Gasteiger partial charge in [-0.3, -0.25) is 0 Å². The molecule has 0 atom stereocenters. The minimum Gasteiger partial charge on any atom is -0.0622 e. The highest BCUT2D eigenvalue weighted by molar-refractivity contribution is 7.73. The summed E-state index contributed by atoms with van der Waals surface area (Å²) < 4.78 is 0. The van der Waals surface area contributed by atoms with E-state index in [-0.39, 0.29) is 1.43 Å². The minimum atomic E-state index is -0.638. The highest BCUT2D eigenvalue weighted by atomic mass is 31.2. The molecule has 0 unspecified atom stereocenters. The smallest absolute Gasteiger partial charge is 0.0622 e. The van der Waals surface area contributed by atoms with Crippen LogP contribution in [0, 0.1) is 0 Å². The van der Waals surface area contributed by atoms with Crippen LogP contribution in [0.5, 0.6) is 0 Å². The lowest BCUT2D eigenvalue weighted by atomic mass is 10.2. The topological polar surface area (TPSA) is 0 Å². The van der Waals surface area contributed by atoms with Crippen LogP contribution >= 0.6 is 14.5 Å². The fourth-order valence-corrected chi connectivity index (χ4v) is 4.87. The Morgan fingerprint density at radius 2 is 0.818 bits per heavy atom. The zero-order valence-electron chi connectivity index (χ0n) is 16.1. The van der Waals surface area contributed by atoms with E-state index in [0.29, 0.717) is 0 Å². The van der Waals surface area contributed by atoms with Crippen molar-refractivity contribution in [3.8, 4) is 0 Å². The van der Waals surface area contributed by atoms with E-state index >= 15 is 0 Å². The van der Waals surface area contributed by atoms with Gasteiger partial charge >= 0.3 is 1.43 Å². The Bertz CT molecular complexity index is 474. The van der Waals surface area contributed by atoms with Crippen LogP contribution in [0.2, 0.25) is 0 Å². The molecule has 0 heterocycles. The van der Waals surface area contributed by atoms with Gasteiger partial charge in [0, 0.05) is 54.5 Å². The van der Waals surface area contributed by atoms with Crippen LogP contribution in [0.3, 0.4) is 0 Å². The summed E-state index contributed by atoms with van der Waals surface area (Å²) in [7, 11) is -1.28. The van der Waals surface area contributed by atoms with Gasteiger partial charge in [0.15, 0.2) is 0 Å². The van der Waals surface area contributed by atoms with E-state index in [0.717, 1.165) is 0 Å². The van der Waals surface area contributed by atoms with Gasteiger partial charge in [-0.2, -0.15) is 0 Å². The van der Waals surface area contributed by atoms with Gasteiger partial charge in [0.05, 0.1) is 12.3 Å². The Balaban J connectivity index is 0.000000403. The molecule has 0 saturated heterocycles. The normalized spacial score (nSPS) is 11.5. The molecule has 2 heteroatoms. The third-order valence-corrected chi connectivity index (χ3v) is 5.63. The molecule has 22 heavy (non-hydrogen) atoms. The van der Waals surface area contributed by atoms with Crippen LogP contribution in [-0.4, -0.2) is 40.0 Å². The largest absolute Gasteiger partial charge is 1.00 e. The maximum atomic E-state index is 2.38. The maximum Gasteiger partial charge on any atom is 1.00 e. The quantitative estimate of drug-likeness (QED) is 0.575. The third kappa shape index (κ3) is 10.1.